The summed E-state index contributed by atoms with van der Waals surface area (Å²) in [7, 11) is 1.28. The molecule has 3 N–H and O–H groups in total. The number of methoxy groups -OCH3 is 1. The van der Waals surface area contributed by atoms with Crippen LogP contribution in [-0.4, -0.2) is 29.2 Å². The van der Waals surface area contributed by atoms with Crippen LogP contribution in [-0.2, 0) is 17.8 Å². The minimum atomic E-state index is -0.576. The topological polar surface area (TPSA) is 124 Å². The number of hydrogen-bond acceptors (Lipinski definition) is 7. The van der Waals surface area contributed by atoms with Gasteiger partial charge in [-0.3, -0.25) is 14.3 Å². The van der Waals surface area contributed by atoms with Gasteiger partial charge in [-0.2, -0.15) is 0 Å². The number of nitrogens with two attached hydrogens (primary N) is 1. The summed E-state index contributed by atoms with van der Waals surface area (Å²) < 4.78 is 11.5. The van der Waals surface area contributed by atoms with Crippen LogP contribution in [0, 0.1) is 0 Å². The molecule has 0 radical (unpaired) electrons. The van der Waals surface area contributed by atoms with Gasteiger partial charge in [0.2, 0.25) is 0 Å². The molecule has 0 aliphatic carbocycles. The van der Waals surface area contributed by atoms with Gasteiger partial charge < -0.3 is 19.8 Å². The zero-order valence-corrected chi connectivity index (χ0v) is 15.2. The third-order valence-corrected chi connectivity index (χ3v) is 4.13. The van der Waals surface area contributed by atoms with Gasteiger partial charge in [0.15, 0.2) is 0 Å². The number of carbonyl (C=O) groups excluding carboxylic acids is 1. The van der Waals surface area contributed by atoms with E-state index in [0.717, 1.165) is 12.8 Å². The Bertz CT molecular complexity index is 880. The quantitative estimate of drug-likeness (QED) is 0.677. The highest BCUT2D eigenvalue weighted by atomic mass is 16.5. The fourth-order valence-corrected chi connectivity index (χ4v) is 2.70. The zero-order valence-electron chi connectivity index (χ0n) is 15.2. The summed E-state index contributed by atoms with van der Waals surface area (Å²) in [5, 5.41) is 0. The van der Waals surface area contributed by atoms with Gasteiger partial charge in [0.25, 0.3) is 5.56 Å². The Balaban J connectivity index is 2.45. The molecular formula is C17H24N4O5. The minimum absolute atomic E-state index is 0.0974. The van der Waals surface area contributed by atoms with Crippen LogP contribution in [0.2, 0.25) is 0 Å². The van der Waals surface area contributed by atoms with Crippen LogP contribution in [0.4, 0.5) is 11.5 Å². The van der Waals surface area contributed by atoms with E-state index in [1.807, 2.05) is 13.8 Å². The molecule has 0 aliphatic heterocycles. The van der Waals surface area contributed by atoms with Crippen molar-refractivity contribution in [1.29, 1.82) is 0 Å². The average Bonchev–Trinajstić information content (AvgIpc) is 3.07. The first-order chi connectivity index (χ1) is 12.4. The first-order valence-corrected chi connectivity index (χ1v) is 8.46. The molecule has 0 amide bonds. The van der Waals surface area contributed by atoms with Crippen LogP contribution in [0.3, 0.4) is 0 Å². The van der Waals surface area contributed by atoms with E-state index in [1.165, 1.54) is 24.0 Å². The standard InChI is InChI=1S/C17H24N4O5/c1-4-6-8-21-14(18)13(15(22)19-17(21)24)20(5-2)10-12-11(7-9-26-12)16(23)25-3/h7,9H,4-6,8,10,18H2,1-3H3,(H,19,22,24). The third-order valence-electron chi connectivity index (χ3n) is 4.13. The van der Waals surface area contributed by atoms with Crippen molar-refractivity contribution in [2.45, 2.75) is 39.8 Å². The molecule has 0 aromatic carbocycles. The van der Waals surface area contributed by atoms with Crippen LogP contribution in [0.15, 0.2) is 26.3 Å². The number of esters is 1. The molecule has 2 aromatic heterocycles. The summed E-state index contributed by atoms with van der Waals surface area (Å²) in [5.41, 5.74) is 5.48. The van der Waals surface area contributed by atoms with E-state index in [4.69, 9.17) is 14.9 Å². The first kappa shape index (κ1) is 19.4. The number of aromatic nitrogens is 2. The van der Waals surface area contributed by atoms with E-state index in [2.05, 4.69) is 4.98 Å². The normalized spacial score (nSPS) is 10.7. The van der Waals surface area contributed by atoms with Gasteiger partial charge in [-0.1, -0.05) is 13.3 Å². The molecule has 0 bridgehead atoms. The molecule has 0 unspecified atom stereocenters. The van der Waals surface area contributed by atoms with Crippen molar-refractivity contribution in [3.8, 4) is 0 Å². The summed E-state index contributed by atoms with van der Waals surface area (Å²) in [6, 6.07) is 1.50. The average molecular weight is 364 g/mol. The lowest BCUT2D eigenvalue weighted by molar-refractivity contribution is 0.0598. The number of ether oxygens (including phenoxy) is 1. The van der Waals surface area contributed by atoms with Gasteiger partial charge in [-0.05, 0) is 19.4 Å². The van der Waals surface area contributed by atoms with Crippen molar-refractivity contribution in [1.82, 2.24) is 9.55 Å². The van der Waals surface area contributed by atoms with Crippen LogP contribution in [0.1, 0.15) is 42.8 Å². The Kier molecular flexibility index (Phi) is 6.26. The number of H-pyrrole nitrogens is 1. The summed E-state index contributed by atoms with van der Waals surface area (Å²) in [5.74, 6) is -0.0800. The van der Waals surface area contributed by atoms with Crippen molar-refractivity contribution < 1.29 is 13.9 Å². The largest absolute Gasteiger partial charge is 0.467 e. The number of aromatic amines is 1. The van der Waals surface area contributed by atoms with E-state index >= 15 is 0 Å². The fourth-order valence-electron chi connectivity index (χ4n) is 2.70. The Morgan fingerprint density at radius 2 is 2.12 bits per heavy atom. The number of furan rings is 1. The SMILES string of the molecule is CCCCn1c(N)c(N(CC)Cc2occc2C(=O)OC)c(=O)[nH]c1=O. The molecular weight excluding hydrogens is 340 g/mol. The highest BCUT2D eigenvalue weighted by molar-refractivity contribution is 5.90. The minimum Gasteiger partial charge on any atom is -0.467 e. The van der Waals surface area contributed by atoms with E-state index in [1.54, 1.807) is 4.90 Å². The molecule has 0 atom stereocenters. The first-order valence-electron chi connectivity index (χ1n) is 8.46. The number of anilines is 2. The second-order valence-corrected chi connectivity index (χ2v) is 5.76. The predicted octanol–water partition coefficient (Wildman–Crippen LogP) is 1.33. The van der Waals surface area contributed by atoms with Crippen molar-refractivity contribution in [2.75, 3.05) is 24.3 Å². The highest BCUT2D eigenvalue weighted by Gasteiger charge is 2.22. The maximum absolute atomic E-state index is 12.4. The van der Waals surface area contributed by atoms with Gasteiger partial charge in [0, 0.05) is 13.1 Å². The van der Waals surface area contributed by atoms with Gasteiger partial charge >= 0.3 is 11.7 Å². The third kappa shape index (κ3) is 3.81. The van der Waals surface area contributed by atoms with E-state index in [-0.39, 0.29) is 23.6 Å². The van der Waals surface area contributed by atoms with E-state index < -0.39 is 17.2 Å². The summed E-state index contributed by atoms with van der Waals surface area (Å²) in [6.45, 7) is 4.79. The van der Waals surface area contributed by atoms with Gasteiger partial charge in [-0.15, -0.1) is 0 Å². The number of nitrogens with zero attached hydrogens (tertiary/aromatic N) is 2. The summed E-state index contributed by atoms with van der Waals surface area (Å²) >= 11 is 0. The molecule has 0 saturated carbocycles. The highest BCUT2D eigenvalue weighted by Crippen LogP contribution is 2.21. The summed E-state index contributed by atoms with van der Waals surface area (Å²) in [4.78, 5) is 40.2. The monoisotopic (exact) mass is 364 g/mol. The molecule has 26 heavy (non-hydrogen) atoms. The molecule has 9 nitrogen and oxygen atoms in total. The van der Waals surface area contributed by atoms with Crippen molar-refractivity contribution in [3.63, 3.8) is 0 Å². The molecule has 2 heterocycles. The smallest absolute Gasteiger partial charge is 0.341 e. The number of nitrogens with one attached hydrogen (secondary N) is 1. The van der Waals surface area contributed by atoms with Crippen molar-refractivity contribution in [3.05, 3.63) is 44.5 Å². The molecule has 0 saturated heterocycles. The number of hydrogen-bond donors (Lipinski definition) is 2. The molecule has 0 aliphatic rings. The number of unbranched alkanes of at least 4 members (excludes halogenated alkanes) is 1. The molecule has 142 valence electrons. The van der Waals surface area contributed by atoms with Crippen molar-refractivity contribution >= 4 is 17.5 Å². The Hall–Kier alpha value is -2.97. The maximum atomic E-state index is 12.4. The lowest BCUT2D eigenvalue weighted by Gasteiger charge is -2.24. The molecule has 2 rings (SSSR count). The zero-order chi connectivity index (χ0) is 19.3. The van der Waals surface area contributed by atoms with Crippen LogP contribution < -0.4 is 21.9 Å². The maximum Gasteiger partial charge on any atom is 0.341 e. The lowest BCUT2D eigenvalue weighted by Crippen LogP contribution is -2.38. The molecule has 0 fully saturated rings. The second-order valence-electron chi connectivity index (χ2n) is 5.76. The van der Waals surface area contributed by atoms with E-state index in [9.17, 15) is 14.4 Å². The lowest BCUT2D eigenvalue weighted by atomic mass is 10.2. The second kappa shape index (κ2) is 8.41. The van der Waals surface area contributed by atoms with Crippen LogP contribution in [0.25, 0.3) is 0 Å². The summed E-state index contributed by atoms with van der Waals surface area (Å²) in [6.07, 6.45) is 3.02. The predicted molar refractivity (Wildman–Crippen MR) is 97.4 cm³/mol. The molecule has 2 aromatic rings. The molecule has 9 heteroatoms. The van der Waals surface area contributed by atoms with Crippen LogP contribution in [0.5, 0.6) is 0 Å². The van der Waals surface area contributed by atoms with Gasteiger partial charge in [-0.25, -0.2) is 9.59 Å². The van der Waals surface area contributed by atoms with Crippen LogP contribution >= 0.6 is 0 Å². The van der Waals surface area contributed by atoms with Crippen molar-refractivity contribution in [2.24, 2.45) is 0 Å². The Labute approximate surface area is 150 Å². The molecule has 0 spiro atoms. The number of rotatable bonds is 8. The van der Waals surface area contributed by atoms with Gasteiger partial charge in [0.05, 0.1) is 19.9 Å². The Morgan fingerprint density at radius 1 is 1.38 bits per heavy atom. The number of carbonyl (C=O) groups is 1. The van der Waals surface area contributed by atoms with E-state index in [0.29, 0.717) is 18.8 Å². The number of nitrogen functional groups attached to an aromatic ring is 1. The Morgan fingerprint density at radius 3 is 2.73 bits per heavy atom. The fraction of sp³-hybridized carbons (Fsp3) is 0.471. The van der Waals surface area contributed by atoms with Gasteiger partial charge in [0.1, 0.15) is 22.8 Å².